The third-order valence-electron chi connectivity index (χ3n) is 2.52. The number of nitrogens with zero attached hydrogens (tertiary/aromatic N) is 1. The van der Waals surface area contributed by atoms with Crippen molar-refractivity contribution < 1.29 is 4.39 Å². The van der Waals surface area contributed by atoms with E-state index < -0.39 is 0 Å². The van der Waals surface area contributed by atoms with Gasteiger partial charge in [-0.25, -0.2) is 9.49 Å². The molecule has 0 radical (unpaired) electrons. The molecule has 0 bridgehead atoms. The van der Waals surface area contributed by atoms with Crippen LogP contribution in [0.4, 0.5) is 10.1 Å². The van der Waals surface area contributed by atoms with Gasteiger partial charge < -0.3 is 5.32 Å². The summed E-state index contributed by atoms with van der Waals surface area (Å²) in [4.78, 5) is 11.3. The monoisotopic (exact) mass is 311 g/mol. The summed E-state index contributed by atoms with van der Waals surface area (Å²) >= 11 is 3.18. The van der Waals surface area contributed by atoms with E-state index in [-0.39, 0.29) is 17.4 Å². The fourth-order valence-electron chi connectivity index (χ4n) is 1.58. The lowest BCUT2D eigenvalue weighted by Gasteiger charge is -2.16. The molecule has 1 atom stereocenters. The number of halogens is 2. The summed E-state index contributed by atoms with van der Waals surface area (Å²) in [6.07, 6.45) is 1.50. The Morgan fingerprint density at radius 1 is 1.50 bits per heavy atom. The fourth-order valence-corrected chi connectivity index (χ4v) is 1.88. The van der Waals surface area contributed by atoms with E-state index in [9.17, 15) is 9.18 Å². The van der Waals surface area contributed by atoms with Crippen molar-refractivity contribution in [1.29, 1.82) is 0 Å². The summed E-state index contributed by atoms with van der Waals surface area (Å²) in [5.74, 6) is -0.288. The molecule has 0 aliphatic carbocycles. The Bertz CT molecular complexity index is 614. The molecular formula is C12H11BrFN3O. The van der Waals surface area contributed by atoms with Gasteiger partial charge in [0.05, 0.1) is 11.9 Å². The molecule has 6 heteroatoms. The van der Waals surface area contributed by atoms with Gasteiger partial charge in [0, 0.05) is 6.04 Å². The number of rotatable bonds is 3. The van der Waals surface area contributed by atoms with E-state index in [1.807, 2.05) is 13.0 Å². The van der Waals surface area contributed by atoms with Crippen LogP contribution in [0.1, 0.15) is 18.5 Å². The van der Waals surface area contributed by atoms with E-state index in [1.165, 1.54) is 18.3 Å². The number of aromatic amines is 1. The first-order valence-electron chi connectivity index (χ1n) is 5.33. The maximum atomic E-state index is 13.1. The number of benzene rings is 1. The Kier molecular flexibility index (Phi) is 3.76. The molecule has 2 rings (SSSR count). The van der Waals surface area contributed by atoms with Gasteiger partial charge in [0.15, 0.2) is 0 Å². The highest BCUT2D eigenvalue weighted by Gasteiger charge is 2.10. The topological polar surface area (TPSA) is 57.8 Å². The minimum absolute atomic E-state index is 0.138. The summed E-state index contributed by atoms with van der Waals surface area (Å²) in [5, 5.41) is 9.11. The number of nitrogens with one attached hydrogen (secondary N) is 2. The van der Waals surface area contributed by atoms with Gasteiger partial charge in [-0.05, 0) is 40.5 Å². The third-order valence-corrected chi connectivity index (χ3v) is 3.30. The highest BCUT2D eigenvalue weighted by molar-refractivity contribution is 9.10. The molecule has 1 unspecified atom stereocenters. The van der Waals surface area contributed by atoms with Crippen molar-refractivity contribution in [2.45, 2.75) is 13.0 Å². The SMILES string of the molecule is CC(Nc1cn[nH]c(=O)c1Br)c1cccc(F)c1. The van der Waals surface area contributed by atoms with E-state index in [0.29, 0.717) is 10.2 Å². The molecule has 0 saturated heterocycles. The van der Waals surface area contributed by atoms with Crippen LogP contribution in [-0.4, -0.2) is 10.2 Å². The van der Waals surface area contributed by atoms with E-state index in [4.69, 9.17) is 0 Å². The van der Waals surface area contributed by atoms with Gasteiger partial charge in [0.2, 0.25) is 0 Å². The Morgan fingerprint density at radius 3 is 3.00 bits per heavy atom. The lowest BCUT2D eigenvalue weighted by molar-refractivity contribution is 0.623. The average molecular weight is 312 g/mol. The maximum Gasteiger partial charge on any atom is 0.280 e. The van der Waals surface area contributed by atoms with Crippen LogP contribution >= 0.6 is 15.9 Å². The fraction of sp³-hybridized carbons (Fsp3) is 0.167. The van der Waals surface area contributed by atoms with Crippen molar-refractivity contribution in [2.24, 2.45) is 0 Å². The standard InChI is InChI=1S/C12H11BrFN3O/c1-7(8-3-2-4-9(14)5-8)16-10-6-15-17-12(18)11(10)13/h2-7H,1H3,(H2,16,17,18). The van der Waals surface area contributed by atoms with Crippen LogP contribution < -0.4 is 10.9 Å². The van der Waals surface area contributed by atoms with Crippen LogP contribution in [0.3, 0.4) is 0 Å². The molecule has 1 aromatic heterocycles. The lowest BCUT2D eigenvalue weighted by Crippen LogP contribution is -2.14. The van der Waals surface area contributed by atoms with Crippen LogP contribution in [0, 0.1) is 5.82 Å². The van der Waals surface area contributed by atoms with Gasteiger partial charge in [0.25, 0.3) is 5.56 Å². The Morgan fingerprint density at radius 2 is 2.28 bits per heavy atom. The summed E-state index contributed by atoms with van der Waals surface area (Å²) in [5.41, 5.74) is 1.05. The molecule has 0 fully saturated rings. The zero-order valence-electron chi connectivity index (χ0n) is 9.58. The normalized spacial score (nSPS) is 12.2. The van der Waals surface area contributed by atoms with E-state index in [0.717, 1.165) is 5.56 Å². The molecule has 0 saturated carbocycles. The second-order valence-corrected chi connectivity index (χ2v) is 4.64. The molecular weight excluding hydrogens is 301 g/mol. The first-order chi connectivity index (χ1) is 8.58. The van der Waals surface area contributed by atoms with Crippen LogP contribution in [0.15, 0.2) is 39.7 Å². The van der Waals surface area contributed by atoms with Gasteiger partial charge >= 0.3 is 0 Å². The molecule has 2 aromatic rings. The second-order valence-electron chi connectivity index (χ2n) is 3.85. The van der Waals surface area contributed by atoms with E-state index in [1.54, 1.807) is 6.07 Å². The smallest absolute Gasteiger partial charge is 0.280 e. The molecule has 94 valence electrons. The quantitative estimate of drug-likeness (QED) is 0.916. The summed E-state index contributed by atoms with van der Waals surface area (Å²) in [6, 6.07) is 6.16. The van der Waals surface area contributed by atoms with E-state index >= 15 is 0 Å². The maximum absolute atomic E-state index is 13.1. The van der Waals surface area contributed by atoms with Crippen LogP contribution in [-0.2, 0) is 0 Å². The minimum atomic E-state index is -0.313. The first kappa shape index (κ1) is 12.8. The molecule has 0 aliphatic rings. The highest BCUT2D eigenvalue weighted by atomic mass is 79.9. The lowest BCUT2D eigenvalue weighted by atomic mass is 10.1. The van der Waals surface area contributed by atoms with Crippen LogP contribution in [0.25, 0.3) is 0 Å². The molecule has 1 aromatic carbocycles. The van der Waals surface area contributed by atoms with Gasteiger partial charge in [-0.2, -0.15) is 5.10 Å². The number of anilines is 1. The predicted molar refractivity (Wildman–Crippen MR) is 71.0 cm³/mol. The number of hydrogen-bond donors (Lipinski definition) is 2. The molecule has 0 spiro atoms. The van der Waals surface area contributed by atoms with Crippen molar-refractivity contribution in [3.8, 4) is 0 Å². The van der Waals surface area contributed by atoms with Crippen molar-refractivity contribution in [1.82, 2.24) is 10.2 Å². The number of H-pyrrole nitrogens is 1. The number of aromatic nitrogens is 2. The van der Waals surface area contributed by atoms with Crippen molar-refractivity contribution >= 4 is 21.6 Å². The summed E-state index contributed by atoms with van der Waals surface area (Å²) in [6.45, 7) is 1.88. The van der Waals surface area contributed by atoms with Crippen LogP contribution in [0.2, 0.25) is 0 Å². The zero-order chi connectivity index (χ0) is 13.1. The number of hydrogen-bond acceptors (Lipinski definition) is 3. The average Bonchev–Trinajstić information content (AvgIpc) is 2.35. The highest BCUT2D eigenvalue weighted by Crippen LogP contribution is 2.23. The van der Waals surface area contributed by atoms with Gasteiger partial charge in [0.1, 0.15) is 10.3 Å². The van der Waals surface area contributed by atoms with Gasteiger partial charge in [-0.3, -0.25) is 4.79 Å². The molecule has 0 amide bonds. The van der Waals surface area contributed by atoms with E-state index in [2.05, 4.69) is 31.4 Å². The summed E-state index contributed by atoms with van der Waals surface area (Å²) < 4.78 is 13.5. The summed E-state index contributed by atoms with van der Waals surface area (Å²) in [7, 11) is 0. The van der Waals surface area contributed by atoms with Crippen LogP contribution in [0.5, 0.6) is 0 Å². The zero-order valence-corrected chi connectivity index (χ0v) is 11.2. The molecule has 18 heavy (non-hydrogen) atoms. The second kappa shape index (κ2) is 5.30. The van der Waals surface area contributed by atoms with Crippen molar-refractivity contribution in [3.05, 3.63) is 56.7 Å². The van der Waals surface area contributed by atoms with Crippen molar-refractivity contribution in [3.63, 3.8) is 0 Å². The Hall–Kier alpha value is -1.69. The molecule has 1 heterocycles. The Balaban J connectivity index is 2.24. The van der Waals surface area contributed by atoms with Gasteiger partial charge in [-0.15, -0.1) is 0 Å². The Labute approximate surface area is 111 Å². The predicted octanol–water partition coefficient (Wildman–Crippen LogP) is 2.84. The van der Waals surface area contributed by atoms with Crippen molar-refractivity contribution in [2.75, 3.05) is 5.32 Å². The van der Waals surface area contributed by atoms with Gasteiger partial charge in [-0.1, -0.05) is 12.1 Å². The molecule has 0 aliphatic heterocycles. The molecule has 4 nitrogen and oxygen atoms in total. The third kappa shape index (κ3) is 2.76. The largest absolute Gasteiger partial charge is 0.376 e. The minimum Gasteiger partial charge on any atom is -0.376 e. The first-order valence-corrected chi connectivity index (χ1v) is 6.12. The molecule has 2 N–H and O–H groups in total.